The summed E-state index contributed by atoms with van der Waals surface area (Å²) in [4.78, 5) is 16.3. The lowest BCUT2D eigenvalue weighted by Gasteiger charge is -2.28. The number of aromatic nitrogens is 2. The minimum Gasteiger partial charge on any atom is -0.378 e. The average Bonchev–Trinajstić information content (AvgIpc) is 3.25. The lowest BCUT2D eigenvalue weighted by atomic mass is 10.00. The molecule has 4 heterocycles. The summed E-state index contributed by atoms with van der Waals surface area (Å²) in [6, 6.07) is 5.31. The average molecular weight is 459 g/mol. The summed E-state index contributed by atoms with van der Waals surface area (Å²) in [5.41, 5.74) is 3.75. The third-order valence-electron chi connectivity index (χ3n) is 6.08. The van der Waals surface area contributed by atoms with Crippen LogP contribution in [-0.4, -0.2) is 70.5 Å². The molecule has 1 aromatic carbocycles. The maximum atomic E-state index is 12.9. The number of aryl methyl sites for hydroxylation is 1. The van der Waals surface area contributed by atoms with Crippen molar-refractivity contribution in [2.45, 2.75) is 24.2 Å². The number of carbonyl (C=O) groups is 1. The predicted octanol–water partition coefficient (Wildman–Crippen LogP) is 0.539. The molecular formula is C21H26N6O4S. The monoisotopic (exact) mass is 458 g/mol. The van der Waals surface area contributed by atoms with E-state index in [0.717, 1.165) is 35.6 Å². The van der Waals surface area contributed by atoms with Gasteiger partial charge in [0.2, 0.25) is 15.9 Å². The lowest BCUT2D eigenvalue weighted by Crippen LogP contribution is -2.36. The van der Waals surface area contributed by atoms with Crippen molar-refractivity contribution in [1.29, 1.82) is 0 Å². The largest absolute Gasteiger partial charge is 0.378 e. The molecule has 170 valence electrons. The third-order valence-corrected chi connectivity index (χ3v) is 7.52. The zero-order chi connectivity index (χ0) is 22.1. The van der Waals surface area contributed by atoms with Crippen LogP contribution in [0.1, 0.15) is 17.5 Å². The maximum Gasteiger partial charge on any atom is 0.240 e. The molecule has 2 N–H and O–H groups in total. The number of amides is 1. The molecule has 32 heavy (non-hydrogen) atoms. The highest BCUT2D eigenvalue weighted by Crippen LogP contribution is 2.38. The highest BCUT2D eigenvalue weighted by molar-refractivity contribution is 7.89. The van der Waals surface area contributed by atoms with Gasteiger partial charge in [-0.25, -0.2) is 13.1 Å². The van der Waals surface area contributed by atoms with Gasteiger partial charge >= 0.3 is 0 Å². The summed E-state index contributed by atoms with van der Waals surface area (Å²) in [5, 5.41) is 11.3. The number of rotatable bonds is 7. The van der Waals surface area contributed by atoms with Crippen LogP contribution >= 0.6 is 0 Å². The Morgan fingerprint density at radius 3 is 2.59 bits per heavy atom. The van der Waals surface area contributed by atoms with Crippen molar-refractivity contribution in [3.8, 4) is 0 Å². The number of hydrogen-bond acceptors (Lipinski definition) is 8. The van der Waals surface area contributed by atoms with Gasteiger partial charge in [-0.05, 0) is 36.1 Å². The Hall–Kier alpha value is -2.76. The summed E-state index contributed by atoms with van der Waals surface area (Å²) in [7, 11) is -3.65. The Kier molecular flexibility index (Phi) is 5.70. The molecule has 0 radical (unpaired) electrons. The first-order chi connectivity index (χ1) is 15.5. The Morgan fingerprint density at radius 1 is 1.00 bits per heavy atom. The van der Waals surface area contributed by atoms with Crippen LogP contribution in [0.4, 0.5) is 17.2 Å². The summed E-state index contributed by atoms with van der Waals surface area (Å²) < 4.78 is 33.8. The van der Waals surface area contributed by atoms with Crippen LogP contribution in [0.2, 0.25) is 0 Å². The SMILES string of the molecule is O=C1CCc2cc(S(=O)(=O)NCCNc3cc(N4CCOCC4)cnn3)cc3c2N1CC3. The molecule has 2 aromatic rings. The number of hydrogen-bond donors (Lipinski definition) is 2. The minimum absolute atomic E-state index is 0.122. The molecule has 0 atom stereocenters. The molecule has 0 bridgehead atoms. The Labute approximate surface area is 187 Å². The van der Waals surface area contributed by atoms with E-state index in [1.807, 2.05) is 6.07 Å². The lowest BCUT2D eigenvalue weighted by molar-refractivity contribution is -0.118. The highest BCUT2D eigenvalue weighted by Gasteiger charge is 2.32. The second-order valence-electron chi connectivity index (χ2n) is 8.11. The van der Waals surface area contributed by atoms with Gasteiger partial charge in [0.25, 0.3) is 0 Å². The zero-order valence-corrected chi connectivity index (χ0v) is 18.5. The van der Waals surface area contributed by atoms with Crippen LogP contribution in [-0.2, 0) is 32.4 Å². The fourth-order valence-corrected chi connectivity index (χ4v) is 5.61. The molecule has 0 saturated carbocycles. The van der Waals surface area contributed by atoms with Crippen molar-refractivity contribution in [3.63, 3.8) is 0 Å². The number of nitrogens with one attached hydrogen (secondary N) is 2. The van der Waals surface area contributed by atoms with Crippen molar-refractivity contribution in [3.05, 3.63) is 35.5 Å². The van der Waals surface area contributed by atoms with Gasteiger partial charge in [-0.15, -0.1) is 5.10 Å². The predicted molar refractivity (Wildman–Crippen MR) is 120 cm³/mol. The Bertz CT molecular complexity index is 1130. The van der Waals surface area contributed by atoms with Crippen LogP contribution in [0, 0.1) is 0 Å². The number of nitrogens with zero attached hydrogens (tertiary/aromatic N) is 4. The molecule has 3 aliphatic rings. The molecule has 3 aliphatic heterocycles. The van der Waals surface area contributed by atoms with Crippen molar-refractivity contribution in [2.24, 2.45) is 0 Å². The number of sulfonamides is 1. The molecule has 1 amide bonds. The minimum atomic E-state index is -3.65. The molecular weight excluding hydrogens is 432 g/mol. The van der Waals surface area contributed by atoms with Gasteiger partial charge in [0, 0.05) is 45.2 Å². The van der Waals surface area contributed by atoms with Crippen LogP contribution < -0.4 is 19.8 Å². The maximum absolute atomic E-state index is 12.9. The molecule has 0 aliphatic carbocycles. The second kappa shape index (κ2) is 8.64. The first kappa shape index (κ1) is 21.1. The molecule has 0 spiro atoms. The molecule has 11 heteroatoms. The summed E-state index contributed by atoms with van der Waals surface area (Å²) >= 11 is 0. The van der Waals surface area contributed by atoms with E-state index in [9.17, 15) is 13.2 Å². The summed E-state index contributed by atoms with van der Waals surface area (Å²) in [5.74, 6) is 0.719. The van der Waals surface area contributed by atoms with Gasteiger partial charge in [-0.3, -0.25) is 4.79 Å². The summed E-state index contributed by atoms with van der Waals surface area (Å²) in [6.07, 6.45) is 3.42. The number of morpholine rings is 1. The van der Waals surface area contributed by atoms with Crippen LogP contribution in [0.15, 0.2) is 29.3 Å². The van der Waals surface area contributed by atoms with Crippen molar-refractivity contribution in [1.82, 2.24) is 14.9 Å². The normalized spacial score (nSPS) is 18.1. The molecule has 1 fully saturated rings. The quantitative estimate of drug-likeness (QED) is 0.578. The zero-order valence-electron chi connectivity index (χ0n) is 17.7. The van der Waals surface area contributed by atoms with E-state index in [1.165, 1.54) is 0 Å². The number of ether oxygens (including phenoxy) is 1. The van der Waals surface area contributed by atoms with Crippen LogP contribution in [0.3, 0.4) is 0 Å². The number of carbonyl (C=O) groups excluding carboxylic acids is 1. The molecule has 1 aromatic heterocycles. The second-order valence-corrected chi connectivity index (χ2v) is 9.88. The van der Waals surface area contributed by atoms with Gasteiger partial charge in [0.1, 0.15) is 0 Å². The number of anilines is 3. The van der Waals surface area contributed by atoms with Crippen molar-refractivity contribution >= 4 is 33.1 Å². The van der Waals surface area contributed by atoms with E-state index in [0.29, 0.717) is 51.4 Å². The fraction of sp³-hybridized carbons (Fsp3) is 0.476. The third kappa shape index (κ3) is 4.15. The van der Waals surface area contributed by atoms with Gasteiger partial charge in [-0.1, -0.05) is 0 Å². The Morgan fingerprint density at radius 2 is 1.78 bits per heavy atom. The molecule has 0 unspecified atom stereocenters. The van der Waals surface area contributed by atoms with Gasteiger partial charge in [-0.2, -0.15) is 5.10 Å². The first-order valence-electron chi connectivity index (χ1n) is 10.9. The smallest absolute Gasteiger partial charge is 0.240 e. The van der Waals surface area contributed by atoms with Crippen LogP contribution in [0.5, 0.6) is 0 Å². The van der Waals surface area contributed by atoms with Gasteiger partial charge in [0.05, 0.1) is 35.7 Å². The van der Waals surface area contributed by atoms with Crippen LogP contribution in [0.25, 0.3) is 0 Å². The van der Waals surface area contributed by atoms with E-state index < -0.39 is 10.0 Å². The molecule has 5 rings (SSSR count). The molecule has 1 saturated heterocycles. The standard InChI is InChI=1S/C21H26N6O4S/c28-20-2-1-15-11-18(12-16-3-6-27(20)21(15)16)32(29,30)24-5-4-22-19-13-17(14-23-25-19)26-7-9-31-10-8-26/h11-14,24H,1-10H2,(H,22,25). The van der Waals surface area contributed by atoms with Gasteiger partial charge in [0.15, 0.2) is 5.82 Å². The van der Waals surface area contributed by atoms with E-state index in [2.05, 4.69) is 25.1 Å². The fourth-order valence-electron chi connectivity index (χ4n) is 4.48. The van der Waals surface area contributed by atoms with Crippen molar-refractivity contribution in [2.75, 3.05) is 61.1 Å². The van der Waals surface area contributed by atoms with Crippen molar-refractivity contribution < 1.29 is 17.9 Å². The van der Waals surface area contributed by atoms with E-state index in [-0.39, 0.29) is 17.3 Å². The summed E-state index contributed by atoms with van der Waals surface area (Å²) in [6.45, 7) is 4.20. The number of benzene rings is 1. The highest BCUT2D eigenvalue weighted by atomic mass is 32.2. The Balaban J connectivity index is 1.20. The van der Waals surface area contributed by atoms with E-state index in [4.69, 9.17) is 4.74 Å². The first-order valence-corrected chi connectivity index (χ1v) is 12.3. The van der Waals surface area contributed by atoms with E-state index >= 15 is 0 Å². The topological polar surface area (TPSA) is 117 Å². The van der Waals surface area contributed by atoms with E-state index in [1.54, 1.807) is 23.2 Å². The molecule has 10 nitrogen and oxygen atoms in total. The van der Waals surface area contributed by atoms with Gasteiger partial charge < -0.3 is 19.9 Å².